The van der Waals surface area contributed by atoms with E-state index in [1.54, 1.807) is 63.2 Å². The molecule has 1 aliphatic heterocycles. The number of hydrogen-bond donors (Lipinski definition) is 2. The number of aliphatic carboxylic acids is 1. The molecule has 4 amide bonds. The van der Waals surface area contributed by atoms with Crippen LogP contribution in [-0.2, 0) is 20.9 Å². The summed E-state index contributed by atoms with van der Waals surface area (Å²) >= 11 is 0. The Labute approximate surface area is 228 Å². The van der Waals surface area contributed by atoms with Crippen LogP contribution in [0, 0.1) is 23.6 Å². The highest BCUT2D eigenvalue weighted by atomic mass is 19.1. The molecule has 0 saturated carbocycles. The molecule has 1 fully saturated rings. The Morgan fingerprint density at radius 1 is 1.03 bits per heavy atom. The average Bonchev–Trinajstić information content (AvgIpc) is 3.01. The molecule has 2 aromatic rings. The number of nitrogens with zero attached hydrogens (tertiary/aromatic N) is 2. The molecule has 39 heavy (non-hydrogen) atoms. The largest absolute Gasteiger partial charge is 0.481 e. The maximum Gasteiger partial charge on any atom is 0.328 e. The van der Waals surface area contributed by atoms with Crippen LogP contribution in [0.1, 0.15) is 64.2 Å². The van der Waals surface area contributed by atoms with E-state index in [-0.39, 0.29) is 25.3 Å². The van der Waals surface area contributed by atoms with Crippen molar-refractivity contribution in [3.8, 4) is 11.8 Å². The summed E-state index contributed by atoms with van der Waals surface area (Å²) in [5.41, 5.74) is 0.503. The van der Waals surface area contributed by atoms with Gasteiger partial charge < -0.3 is 15.3 Å². The summed E-state index contributed by atoms with van der Waals surface area (Å²) < 4.78 is 13.8. The molecule has 0 bridgehead atoms. The summed E-state index contributed by atoms with van der Waals surface area (Å²) in [4.78, 5) is 53.7. The van der Waals surface area contributed by atoms with Crippen LogP contribution in [0.4, 0.5) is 9.18 Å². The molecule has 9 heteroatoms. The highest BCUT2D eigenvalue weighted by molar-refractivity contribution is 6.09. The lowest BCUT2D eigenvalue weighted by atomic mass is 9.99. The summed E-state index contributed by atoms with van der Waals surface area (Å²) in [5.74, 6) is 3.20. The number of rotatable bonds is 9. The van der Waals surface area contributed by atoms with E-state index < -0.39 is 47.3 Å². The Bertz CT molecular complexity index is 1310. The van der Waals surface area contributed by atoms with Gasteiger partial charge in [0.25, 0.3) is 5.91 Å². The Morgan fingerprint density at radius 2 is 1.67 bits per heavy atom. The van der Waals surface area contributed by atoms with Gasteiger partial charge in [-0.2, -0.15) is 0 Å². The van der Waals surface area contributed by atoms with Crippen LogP contribution in [0.5, 0.6) is 0 Å². The molecule has 0 aliphatic carbocycles. The summed E-state index contributed by atoms with van der Waals surface area (Å²) in [5, 5.41) is 11.7. The molecular formula is C30H34FN3O5. The Kier molecular flexibility index (Phi) is 9.12. The van der Waals surface area contributed by atoms with E-state index in [1.165, 1.54) is 11.0 Å². The summed E-state index contributed by atoms with van der Waals surface area (Å²) in [7, 11) is 0. The second-order valence-electron chi connectivity index (χ2n) is 10.7. The summed E-state index contributed by atoms with van der Waals surface area (Å²) in [6.07, 6.45) is -0.0390. The molecule has 0 unspecified atom stereocenters. The highest BCUT2D eigenvalue weighted by Crippen LogP contribution is 2.32. The first-order valence-corrected chi connectivity index (χ1v) is 12.8. The standard InChI is InChI=1S/C30H34FN3O5/c1-19(2)16-25(27(37)32-20(3)17-26(35)36)34-28(38)30(4,5)33(29(34)39)18-22-12-10-21(11-13-22)14-15-23-8-6-7-9-24(23)31/h6-13,19-20,25H,16-18H2,1-5H3,(H,32,37)(H,35,36)/t20-,25+/m1/s1. The van der Waals surface area contributed by atoms with Crippen LogP contribution in [0.2, 0.25) is 0 Å². The molecule has 2 atom stereocenters. The number of carbonyl (C=O) groups is 4. The minimum Gasteiger partial charge on any atom is -0.481 e. The monoisotopic (exact) mass is 535 g/mol. The number of carbonyl (C=O) groups excluding carboxylic acids is 3. The number of hydrogen-bond acceptors (Lipinski definition) is 4. The van der Waals surface area contributed by atoms with Crippen molar-refractivity contribution in [1.29, 1.82) is 0 Å². The van der Waals surface area contributed by atoms with Crippen molar-refractivity contribution in [2.24, 2.45) is 5.92 Å². The van der Waals surface area contributed by atoms with E-state index in [0.717, 1.165) is 10.5 Å². The maximum atomic E-state index is 13.8. The molecule has 0 radical (unpaired) electrons. The minimum absolute atomic E-state index is 0.00805. The number of nitrogens with one attached hydrogen (secondary N) is 1. The first-order chi connectivity index (χ1) is 18.3. The van der Waals surface area contributed by atoms with Crippen molar-refractivity contribution in [2.45, 2.75) is 71.6 Å². The topological polar surface area (TPSA) is 107 Å². The third-order valence-electron chi connectivity index (χ3n) is 6.54. The first kappa shape index (κ1) is 29.4. The molecule has 0 aromatic heterocycles. The van der Waals surface area contributed by atoms with Gasteiger partial charge in [-0.05, 0) is 62.9 Å². The molecule has 3 rings (SSSR count). The van der Waals surface area contributed by atoms with Crippen molar-refractivity contribution in [3.63, 3.8) is 0 Å². The fourth-order valence-corrected chi connectivity index (χ4v) is 4.41. The number of benzene rings is 2. The zero-order chi connectivity index (χ0) is 28.9. The maximum absolute atomic E-state index is 13.8. The van der Waals surface area contributed by atoms with E-state index in [9.17, 15) is 23.6 Å². The lowest BCUT2D eigenvalue weighted by Gasteiger charge is -2.28. The van der Waals surface area contributed by atoms with Crippen molar-refractivity contribution >= 4 is 23.8 Å². The quantitative estimate of drug-likeness (QED) is 0.370. The second kappa shape index (κ2) is 12.1. The smallest absolute Gasteiger partial charge is 0.328 e. The van der Waals surface area contributed by atoms with Crippen molar-refractivity contribution in [3.05, 3.63) is 71.0 Å². The highest BCUT2D eigenvalue weighted by Gasteiger charge is 2.54. The van der Waals surface area contributed by atoms with Crippen LogP contribution in [0.3, 0.4) is 0 Å². The van der Waals surface area contributed by atoms with E-state index in [4.69, 9.17) is 5.11 Å². The zero-order valence-electron chi connectivity index (χ0n) is 22.8. The average molecular weight is 536 g/mol. The third-order valence-corrected chi connectivity index (χ3v) is 6.54. The van der Waals surface area contributed by atoms with Gasteiger partial charge in [-0.15, -0.1) is 0 Å². The van der Waals surface area contributed by atoms with Gasteiger partial charge in [0, 0.05) is 18.2 Å². The predicted molar refractivity (Wildman–Crippen MR) is 144 cm³/mol. The number of carboxylic acids is 1. The number of urea groups is 1. The molecule has 206 valence electrons. The van der Waals surface area contributed by atoms with E-state index >= 15 is 0 Å². The molecule has 1 aliphatic rings. The Hall–Kier alpha value is -4.19. The molecule has 8 nitrogen and oxygen atoms in total. The predicted octanol–water partition coefficient (Wildman–Crippen LogP) is 4.16. The van der Waals surface area contributed by atoms with Crippen molar-refractivity contribution in [2.75, 3.05) is 0 Å². The Balaban J connectivity index is 1.80. The second-order valence-corrected chi connectivity index (χ2v) is 10.7. The third kappa shape index (κ3) is 7.02. The van der Waals surface area contributed by atoms with Gasteiger partial charge in [-0.25, -0.2) is 14.1 Å². The molecule has 0 spiro atoms. The summed E-state index contributed by atoms with van der Waals surface area (Å²) in [6, 6.07) is 11.0. The van der Waals surface area contributed by atoms with E-state index in [2.05, 4.69) is 17.2 Å². The normalized spacial score (nSPS) is 16.1. The van der Waals surface area contributed by atoms with Crippen LogP contribution >= 0.6 is 0 Å². The van der Waals surface area contributed by atoms with E-state index in [1.807, 2.05) is 13.8 Å². The summed E-state index contributed by atoms with van der Waals surface area (Å²) in [6.45, 7) is 8.72. The lowest BCUT2D eigenvalue weighted by Crippen LogP contribution is -2.53. The fraction of sp³-hybridized carbons (Fsp3) is 0.400. The lowest BCUT2D eigenvalue weighted by molar-refractivity contribution is -0.140. The van der Waals surface area contributed by atoms with Crippen molar-refractivity contribution < 1.29 is 28.7 Å². The molecular weight excluding hydrogens is 501 g/mol. The van der Waals surface area contributed by atoms with Gasteiger partial charge in [-0.3, -0.25) is 14.4 Å². The Morgan fingerprint density at radius 3 is 2.26 bits per heavy atom. The SMILES string of the molecule is CC(C)C[C@@H](C(=O)N[C@H](C)CC(=O)O)N1C(=O)N(Cc2ccc(C#Cc3ccccc3F)cc2)C(C)(C)C1=O. The van der Waals surface area contributed by atoms with Crippen LogP contribution in [-0.4, -0.2) is 56.3 Å². The molecule has 2 aromatic carbocycles. The van der Waals surface area contributed by atoms with Gasteiger partial charge in [0.05, 0.1) is 12.0 Å². The van der Waals surface area contributed by atoms with Gasteiger partial charge >= 0.3 is 12.0 Å². The van der Waals surface area contributed by atoms with Crippen LogP contribution in [0.25, 0.3) is 0 Å². The molecule has 1 saturated heterocycles. The van der Waals surface area contributed by atoms with Crippen LogP contribution < -0.4 is 5.32 Å². The molecule has 2 N–H and O–H groups in total. The van der Waals surface area contributed by atoms with Gasteiger partial charge in [-0.1, -0.05) is 50.0 Å². The van der Waals surface area contributed by atoms with Crippen LogP contribution in [0.15, 0.2) is 48.5 Å². The first-order valence-electron chi connectivity index (χ1n) is 12.8. The van der Waals surface area contributed by atoms with Gasteiger partial charge in [0.15, 0.2) is 0 Å². The van der Waals surface area contributed by atoms with E-state index in [0.29, 0.717) is 11.1 Å². The number of carboxylic acid groups (broad SMARTS) is 1. The minimum atomic E-state index is -1.21. The fourth-order valence-electron chi connectivity index (χ4n) is 4.41. The zero-order valence-corrected chi connectivity index (χ0v) is 22.8. The number of imide groups is 1. The molecule has 1 heterocycles. The van der Waals surface area contributed by atoms with Crippen molar-refractivity contribution in [1.82, 2.24) is 15.1 Å². The number of halogens is 1. The number of amides is 4. The van der Waals surface area contributed by atoms with Gasteiger partial charge in [0.1, 0.15) is 17.4 Å². The van der Waals surface area contributed by atoms with Gasteiger partial charge in [0.2, 0.25) is 5.91 Å².